The van der Waals surface area contributed by atoms with Gasteiger partial charge in [-0.2, -0.15) is 0 Å². The molecule has 17 heavy (non-hydrogen) atoms. The van der Waals surface area contributed by atoms with Crippen molar-refractivity contribution in [1.29, 1.82) is 0 Å². The van der Waals surface area contributed by atoms with E-state index in [1.807, 2.05) is 22.6 Å². The van der Waals surface area contributed by atoms with Crippen LogP contribution >= 0.6 is 11.6 Å². The number of nitrogen functional groups attached to an aromatic ring is 1. The van der Waals surface area contributed by atoms with Gasteiger partial charge in [-0.1, -0.05) is 17.7 Å². The summed E-state index contributed by atoms with van der Waals surface area (Å²) in [6.07, 6.45) is 2.17. The lowest BCUT2D eigenvalue weighted by Crippen LogP contribution is -2.27. The first kappa shape index (κ1) is 10.9. The molecule has 0 saturated carbocycles. The van der Waals surface area contributed by atoms with E-state index < -0.39 is 0 Å². The van der Waals surface area contributed by atoms with Gasteiger partial charge in [0.25, 0.3) is 0 Å². The fourth-order valence-electron chi connectivity index (χ4n) is 2.50. The molecule has 2 aromatic rings. The molecule has 2 aromatic heterocycles. The number of nitrogens with zero attached hydrogens (tertiary/aromatic N) is 2. The van der Waals surface area contributed by atoms with Crippen molar-refractivity contribution in [2.24, 2.45) is 0 Å². The lowest BCUT2D eigenvalue weighted by atomic mass is 9.97. The van der Waals surface area contributed by atoms with E-state index in [9.17, 15) is 0 Å². The third-order valence-corrected chi connectivity index (χ3v) is 3.66. The van der Waals surface area contributed by atoms with Gasteiger partial charge in [-0.05, 0) is 38.1 Å². The third-order valence-electron chi connectivity index (χ3n) is 3.38. The summed E-state index contributed by atoms with van der Waals surface area (Å²) in [5.74, 6) is 2.15. The van der Waals surface area contributed by atoms with Crippen molar-refractivity contribution in [3.63, 3.8) is 0 Å². The number of anilines is 1. The SMILES string of the molecule is Nc1cccc2c(Cl)nc(C3CCNCC3)n12. The first-order chi connectivity index (χ1) is 8.27. The number of imidazole rings is 1. The Labute approximate surface area is 105 Å². The van der Waals surface area contributed by atoms with Crippen LogP contribution < -0.4 is 11.1 Å². The number of aromatic nitrogens is 2. The van der Waals surface area contributed by atoms with Gasteiger partial charge >= 0.3 is 0 Å². The van der Waals surface area contributed by atoms with E-state index in [0.717, 1.165) is 37.3 Å². The molecule has 4 nitrogen and oxygen atoms in total. The van der Waals surface area contributed by atoms with E-state index in [2.05, 4.69) is 10.3 Å². The average Bonchev–Trinajstić information content (AvgIpc) is 2.70. The van der Waals surface area contributed by atoms with E-state index in [0.29, 0.717) is 16.9 Å². The molecule has 0 atom stereocenters. The second-order valence-electron chi connectivity index (χ2n) is 4.46. The van der Waals surface area contributed by atoms with Gasteiger partial charge in [0, 0.05) is 5.92 Å². The molecule has 0 spiro atoms. The first-order valence-corrected chi connectivity index (χ1v) is 6.28. The number of piperidine rings is 1. The second kappa shape index (κ2) is 4.20. The average molecular weight is 251 g/mol. The van der Waals surface area contributed by atoms with Crippen molar-refractivity contribution in [3.8, 4) is 0 Å². The Morgan fingerprint density at radius 3 is 2.88 bits per heavy atom. The van der Waals surface area contributed by atoms with Crippen molar-refractivity contribution >= 4 is 22.9 Å². The second-order valence-corrected chi connectivity index (χ2v) is 4.81. The van der Waals surface area contributed by atoms with Gasteiger partial charge < -0.3 is 11.1 Å². The van der Waals surface area contributed by atoms with Crippen LogP contribution in [0.5, 0.6) is 0 Å². The molecular formula is C12H15ClN4. The van der Waals surface area contributed by atoms with Crippen LogP contribution in [0.25, 0.3) is 5.52 Å². The Hall–Kier alpha value is -1.26. The Kier molecular flexibility index (Phi) is 2.68. The number of rotatable bonds is 1. The Balaban J connectivity index is 2.15. The Bertz CT molecular complexity index is 543. The van der Waals surface area contributed by atoms with Crippen LogP contribution in [0, 0.1) is 0 Å². The lowest BCUT2D eigenvalue weighted by Gasteiger charge is -2.21. The number of pyridine rings is 1. The summed E-state index contributed by atoms with van der Waals surface area (Å²) >= 11 is 6.17. The van der Waals surface area contributed by atoms with Crippen LogP contribution in [-0.2, 0) is 0 Å². The maximum atomic E-state index is 6.17. The lowest BCUT2D eigenvalue weighted by molar-refractivity contribution is 0.444. The fraction of sp³-hybridized carbons (Fsp3) is 0.417. The minimum Gasteiger partial charge on any atom is -0.385 e. The smallest absolute Gasteiger partial charge is 0.155 e. The third kappa shape index (κ3) is 1.77. The summed E-state index contributed by atoms with van der Waals surface area (Å²) in [7, 11) is 0. The summed E-state index contributed by atoms with van der Waals surface area (Å²) < 4.78 is 1.98. The van der Waals surface area contributed by atoms with E-state index >= 15 is 0 Å². The molecular weight excluding hydrogens is 236 g/mol. The Morgan fingerprint density at radius 1 is 1.35 bits per heavy atom. The molecule has 3 rings (SSSR count). The molecule has 3 heterocycles. The monoisotopic (exact) mass is 250 g/mol. The molecule has 0 unspecified atom stereocenters. The molecule has 1 aliphatic heterocycles. The number of nitrogens with one attached hydrogen (secondary N) is 1. The molecule has 0 aromatic carbocycles. The van der Waals surface area contributed by atoms with Crippen LogP contribution in [-0.4, -0.2) is 22.5 Å². The highest BCUT2D eigenvalue weighted by molar-refractivity contribution is 6.32. The quantitative estimate of drug-likeness (QED) is 0.814. The molecule has 90 valence electrons. The Morgan fingerprint density at radius 2 is 2.12 bits per heavy atom. The van der Waals surface area contributed by atoms with E-state index in [1.54, 1.807) is 0 Å². The van der Waals surface area contributed by atoms with Gasteiger partial charge in [-0.15, -0.1) is 0 Å². The molecule has 1 fully saturated rings. The summed E-state index contributed by atoms with van der Waals surface area (Å²) in [5.41, 5.74) is 6.93. The maximum absolute atomic E-state index is 6.17. The topological polar surface area (TPSA) is 55.3 Å². The van der Waals surface area contributed by atoms with Crippen LogP contribution in [0.15, 0.2) is 18.2 Å². The van der Waals surface area contributed by atoms with Gasteiger partial charge in [0.1, 0.15) is 11.6 Å². The van der Waals surface area contributed by atoms with Crippen LogP contribution in [0.4, 0.5) is 5.82 Å². The fourth-order valence-corrected chi connectivity index (χ4v) is 2.74. The first-order valence-electron chi connectivity index (χ1n) is 5.90. The van der Waals surface area contributed by atoms with E-state index in [1.165, 1.54) is 0 Å². The predicted octanol–water partition coefficient (Wildman–Crippen LogP) is 2.04. The van der Waals surface area contributed by atoms with Gasteiger partial charge in [-0.3, -0.25) is 4.40 Å². The zero-order valence-corrected chi connectivity index (χ0v) is 10.2. The highest BCUT2D eigenvalue weighted by atomic mass is 35.5. The maximum Gasteiger partial charge on any atom is 0.155 e. The number of hydrogen-bond donors (Lipinski definition) is 2. The molecule has 3 N–H and O–H groups in total. The van der Waals surface area contributed by atoms with Crippen molar-refractivity contribution in [3.05, 3.63) is 29.2 Å². The zero-order valence-electron chi connectivity index (χ0n) is 9.49. The normalized spacial score (nSPS) is 17.7. The molecule has 0 aliphatic carbocycles. The van der Waals surface area contributed by atoms with Crippen molar-refractivity contribution in [2.45, 2.75) is 18.8 Å². The number of nitrogens with two attached hydrogens (primary N) is 1. The summed E-state index contributed by atoms with van der Waals surface area (Å²) in [6.45, 7) is 2.06. The molecule has 5 heteroatoms. The number of hydrogen-bond acceptors (Lipinski definition) is 3. The van der Waals surface area contributed by atoms with Gasteiger partial charge in [-0.25, -0.2) is 4.98 Å². The number of halogens is 1. The standard InChI is InChI=1S/C12H15ClN4/c13-11-9-2-1-3-10(14)17(9)12(16-11)8-4-6-15-7-5-8/h1-3,8,15H,4-7,14H2. The zero-order chi connectivity index (χ0) is 11.8. The van der Waals surface area contributed by atoms with Crippen LogP contribution in [0.3, 0.4) is 0 Å². The molecule has 0 amide bonds. The summed E-state index contributed by atoms with van der Waals surface area (Å²) in [6, 6.07) is 5.75. The van der Waals surface area contributed by atoms with Crippen LogP contribution in [0.1, 0.15) is 24.6 Å². The summed E-state index contributed by atoms with van der Waals surface area (Å²) in [5, 5.41) is 3.90. The predicted molar refractivity (Wildman–Crippen MR) is 69.5 cm³/mol. The molecule has 1 saturated heterocycles. The summed E-state index contributed by atoms with van der Waals surface area (Å²) in [4.78, 5) is 4.49. The van der Waals surface area contributed by atoms with Gasteiger partial charge in [0.2, 0.25) is 0 Å². The minimum atomic E-state index is 0.445. The molecule has 1 aliphatic rings. The number of fused-ring (bicyclic) bond motifs is 1. The molecule has 0 bridgehead atoms. The minimum absolute atomic E-state index is 0.445. The van der Waals surface area contributed by atoms with Gasteiger partial charge in [0.15, 0.2) is 5.15 Å². The highest BCUT2D eigenvalue weighted by Crippen LogP contribution is 2.30. The van der Waals surface area contributed by atoms with Crippen LogP contribution in [0.2, 0.25) is 5.15 Å². The van der Waals surface area contributed by atoms with Crippen molar-refractivity contribution < 1.29 is 0 Å². The largest absolute Gasteiger partial charge is 0.385 e. The van der Waals surface area contributed by atoms with E-state index in [-0.39, 0.29) is 0 Å². The van der Waals surface area contributed by atoms with Crippen molar-refractivity contribution in [1.82, 2.24) is 14.7 Å². The highest BCUT2D eigenvalue weighted by Gasteiger charge is 2.22. The van der Waals surface area contributed by atoms with E-state index in [4.69, 9.17) is 17.3 Å². The van der Waals surface area contributed by atoms with Gasteiger partial charge in [0.05, 0.1) is 5.52 Å². The van der Waals surface area contributed by atoms with Crippen molar-refractivity contribution in [2.75, 3.05) is 18.8 Å². The molecule has 0 radical (unpaired) electrons.